The van der Waals surface area contributed by atoms with Gasteiger partial charge in [0.25, 0.3) is 5.69 Å². The summed E-state index contributed by atoms with van der Waals surface area (Å²) in [6, 6.07) is 10.1. The van der Waals surface area contributed by atoms with Gasteiger partial charge in [0.05, 0.1) is 15.4 Å². The Hall–Kier alpha value is -2.48. The molecule has 0 radical (unpaired) electrons. The second kappa shape index (κ2) is 5.86. The number of hydrogen-bond donors (Lipinski definition) is 0. The van der Waals surface area contributed by atoms with Crippen molar-refractivity contribution >= 4 is 28.4 Å². The fourth-order valence-corrected chi connectivity index (χ4v) is 3.53. The average molecular weight is 352 g/mol. The van der Waals surface area contributed by atoms with Gasteiger partial charge in [-0.05, 0) is 18.2 Å². The molecule has 8 heteroatoms. The van der Waals surface area contributed by atoms with Gasteiger partial charge in [-0.1, -0.05) is 30.0 Å². The van der Waals surface area contributed by atoms with Gasteiger partial charge in [-0.15, -0.1) is 0 Å². The van der Waals surface area contributed by atoms with E-state index in [9.17, 15) is 23.3 Å². The summed E-state index contributed by atoms with van der Waals surface area (Å²) in [7, 11) is 1.84. The minimum Gasteiger partial charge on any atom is -0.349 e. The molecule has 2 aromatic carbocycles. The van der Waals surface area contributed by atoms with Gasteiger partial charge in [0, 0.05) is 35.1 Å². The molecule has 0 spiro atoms. The highest BCUT2D eigenvalue weighted by molar-refractivity contribution is 7.99. The minimum atomic E-state index is -4.62. The lowest BCUT2D eigenvalue weighted by Gasteiger charge is -2.08. The molecule has 0 fully saturated rings. The van der Waals surface area contributed by atoms with Crippen LogP contribution in [0.25, 0.3) is 10.9 Å². The molecule has 0 N–H and O–H groups in total. The number of nitro groups is 1. The standard InChI is InChI=1S/C16H11F3N2O2S/c1-20-9-15(11-4-2-3-5-12(11)20)24-14-7-6-10(16(17,18)19)8-13(14)21(22)23/h2-9H,1H3. The summed E-state index contributed by atoms with van der Waals surface area (Å²) >= 11 is 1.08. The summed E-state index contributed by atoms with van der Waals surface area (Å²) in [5.41, 5.74) is -0.645. The topological polar surface area (TPSA) is 48.1 Å². The number of nitrogens with zero attached hydrogens (tertiary/aromatic N) is 2. The highest BCUT2D eigenvalue weighted by Crippen LogP contribution is 2.41. The normalized spacial score (nSPS) is 11.8. The van der Waals surface area contributed by atoms with Crippen molar-refractivity contribution in [3.05, 3.63) is 64.3 Å². The number of fused-ring (bicyclic) bond motifs is 1. The Morgan fingerprint density at radius 2 is 1.83 bits per heavy atom. The fraction of sp³-hybridized carbons (Fsp3) is 0.125. The number of nitro benzene ring substituents is 1. The molecule has 124 valence electrons. The molecular weight excluding hydrogens is 341 g/mol. The van der Waals surface area contributed by atoms with Crippen LogP contribution >= 0.6 is 11.8 Å². The molecule has 1 heterocycles. The van der Waals surface area contributed by atoms with Crippen molar-refractivity contribution in [3.8, 4) is 0 Å². The summed E-state index contributed by atoms with van der Waals surface area (Å²) in [4.78, 5) is 11.3. The Morgan fingerprint density at radius 3 is 2.50 bits per heavy atom. The monoisotopic (exact) mass is 352 g/mol. The van der Waals surface area contributed by atoms with Gasteiger partial charge in [0.2, 0.25) is 0 Å². The van der Waals surface area contributed by atoms with Crippen LogP contribution < -0.4 is 0 Å². The highest BCUT2D eigenvalue weighted by Gasteiger charge is 2.33. The Bertz CT molecular complexity index is 935. The molecule has 0 unspecified atom stereocenters. The van der Waals surface area contributed by atoms with E-state index in [1.165, 1.54) is 0 Å². The third-order valence-electron chi connectivity index (χ3n) is 3.56. The van der Waals surface area contributed by atoms with E-state index >= 15 is 0 Å². The molecule has 0 aliphatic heterocycles. The number of halogens is 3. The molecule has 4 nitrogen and oxygen atoms in total. The van der Waals surface area contributed by atoms with Crippen molar-refractivity contribution in [2.45, 2.75) is 16.0 Å². The van der Waals surface area contributed by atoms with E-state index in [0.717, 1.165) is 39.7 Å². The van der Waals surface area contributed by atoms with Crippen LogP contribution in [0, 0.1) is 10.1 Å². The average Bonchev–Trinajstić information content (AvgIpc) is 2.83. The van der Waals surface area contributed by atoms with Gasteiger partial charge < -0.3 is 4.57 Å². The van der Waals surface area contributed by atoms with Crippen molar-refractivity contribution in [1.82, 2.24) is 4.57 Å². The first-order valence-corrected chi connectivity index (χ1v) is 7.66. The number of aromatic nitrogens is 1. The van der Waals surface area contributed by atoms with Crippen LogP contribution in [0.2, 0.25) is 0 Å². The summed E-state index contributed by atoms with van der Waals surface area (Å²) in [5, 5.41) is 12.1. The molecule has 0 aliphatic rings. The lowest BCUT2D eigenvalue weighted by Crippen LogP contribution is -2.05. The molecule has 0 atom stereocenters. The summed E-state index contributed by atoms with van der Waals surface area (Å²) in [5.74, 6) is 0. The predicted octanol–water partition coefficient (Wildman–Crippen LogP) is 5.26. The molecule has 0 saturated heterocycles. The minimum absolute atomic E-state index is 0.171. The highest BCUT2D eigenvalue weighted by atomic mass is 32.2. The van der Waals surface area contributed by atoms with Crippen LogP contribution in [0.15, 0.2) is 58.5 Å². The van der Waals surface area contributed by atoms with Crippen LogP contribution in [-0.2, 0) is 13.2 Å². The smallest absolute Gasteiger partial charge is 0.349 e. The molecule has 0 aliphatic carbocycles. The van der Waals surface area contributed by atoms with Crippen LogP contribution in [0.1, 0.15) is 5.56 Å². The van der Waals surface area contributed by atoms with Gasteiger partial charge in [0.15, 0.2) is 0 Å². The lowest BCUT2D eigenvalue weighted by atomic mass is 10.2. The molecule has 0 bridgehead atoms. The number of benzene rings is 2. The zero-order chi connectivity index (χ0) is 17.5. The van der Waals surface area contributed by atoms with Gasteiger partial charge in [-0.2, -0.15) is 13.2 Å². The van der Waals surface area contributed by atoms with E-state index in [1.807, 2.05) is 35.9 Å². The molecule has 0 amide bonds. The van der Waals surface area contributed by atoms with Gasteiger partial charge in [-0.3, -0.25) is 10.1 Å². The van der Waals surface area contributed by atoms with Crippen molar-refractivity contribution < 1.29 is 18.1 Å². The SMILES string of the molecule is Cn1cc(Sc2ccc(C(F)(F)F)cc2[N+](=O)[O-])c2ccccc21. The zero-order valence-electron chi connectivity index (χ0n) is 12.4. The van der Waals surface area contributed by atoms with E-state index in [4.69, 9.17) is 0 Å². The first kappa shape index (κ1) is 16.4. The molecule has 24 heavy (non-hydrogen) atoms. The number of rotatable bonds is 3. The first-order valence-electron chi connectivity index (χ1n) is 6.85. The Morgan fingerprint density at radius 1 is 1.12 bits per heavy atom. The maximum Gasteiger partial charge on any atom is 0.416 e. The van der Waals surface area contributed by atoms with E-state index in [2.05, 4.69) is 0 Å². The van der Waals surface area contributed by atoms with E-state index in [-0.39, 0.29) is 4.90 Å². The van der Waals surface area contributed by atoms with Crippen molar-refractivity contribution in [2.24, 2.45) is 7.05 Å². The van der Waals surface area contributed by atoms with E-state index < -0.39 is 22.4 Å². The van der Waals surface area contributed by atoms with Gasteiger partial charge >= 0.3 is 6.18 Å². The number of hydrogen-bond acceptors (Lipinski definition) is 3. The fourth-order valence-electron chi connectivity index (χ4n) is 2.43. The number of para-hydroxylation sites is 1. The quantitative estimate of drug-likeness (QED) is 0.477. The van der Waals surface area contributed by atoms with E-state index in [0.29, 0.717) is 6.07 Å². The van der Waals surface area contributed by atoms with E-state index in [1.54, 1.807) is 6.20 Å². The van der Waals surface area contributed by atoms with Crippen LogP contribution in [0.5, 0.6) is 0 Å². The maximum absolute atomic E-state index is 12.8. The summed E-state index contributed by atoms with van der Waals surface area (Å²) in [6.07, 6.45) is -2.82. The molecular formula is C16H11F3N2O2S. The van der Waals surface area contributed by atoms with Crippen LogP contribution in [0.3, 0.4) is 0 Å². The largest absolute Gasteiger partial charge is 0.416 e. The Balaban J connectivity index is 2.07. The maximum atomic E-state index is 12.8. The van der Waals surface area contributed by atoms with Crippen molar-refractivity contribution in [1.29, 1.82) is 0 Å². The molecule has 3 aromatic rings. The van der Waals surface area contributed by atoms with Gasteiger partial charge in [-0.25, -0.2) is 0 Å². The Kier molecular flexibility index (Phi) is 4.00. The van der Waals surface area contributed by atoms with Gasteiger partial charge in [0.1, 0.15) is 0 Å². The number of aryl methyl sites for hydroxylation is 1. The zero-order valence-corrected chi connectivity index (χ0v) is 13.2. The Labute approximate surface area is 139 Å². The molecule has 1 aromatic heterocycles. The second-order valence-corrected chi connectivity index (χ2v) is 6.24. The lowest BCUT2D eigenvalue weighted by molar-refractivity contribution is -0.388. The van der Waals surface area contributed by atoms with Crippen LogP contribution in [-0.4, -0.2) is 9.49 Å². The van der Waals surface area contributed by atoms with Crippen molar-refractivity contribution in [2.75, 3.05) is 0 Å². The third-order valence-corrected chi connectivity index (χ3v) is 4.67. The number of alkyl halides is 3. The van der Waals surface area contributed by atoms with Crippen LogP contribution in [0.4, 0.5) is 18.9 Å². The second-order valence-electron chi connectivity index (χ2n) is 5.16. The first-order chi connectivity index (χ1) is 11.3. The van der Waals surface area contributed by atoms with Crippen molar-refractivity contribution in [3.63, 3.8) is 0 Å². The molecule has 3 rings (SSSR count). The summed E-state index contributed by atoms with van der Waals surface area (Å²) < 4.78 is 40.2. The summed E-state index contributed by atoms with van der Waals surface area (Å²) in [6.45, 7) is 0. The molecule has 0 saturated carbocycles. The third kappa shape index (κ3) is 2.96. The predicted molar refractivity (Wildman–Crippen MR) is 85.1 cm³/mol.